The van der Waals surface area contributed by atoms with Crippen LogP contribution >= 0.6 is 0 Å². The Morgan fingerprint density at radius 3 is 1.00 bits per heavy atom. The highest BCUT2D eigenvalue weighted by atomic mass is 16.2. The zero-order valence-corrected chi connectivity index (χ0v) is 19.6. The molecule has 2 N–H and O–H groups in total. The van der Waals surface area contributed by atoms with E-state index in [0.717, 1.165) is 6.42 Å². The summed E-state index contributed by atoms with van der Waals surface area (Å²) in [5.41, 5.74) is 0. The minimum Gasteiger partial charge on any atom is -0.396 e. The smallest absolute Gasteiger partial charge is 0.0431 e. The maximum atomic E-state index is 8.74. The van der Waals surface area contributed by atoms with Crippen LogP contribution in [0, 0.1) is 0 Å². The van der Waals surface area contributed by atoms with Crippen molar-refractivity contribution in [3.63, 3.8) is 0 Å². The first-order valence-corrected chi connectivity index (χ1v) is 13.2. The zero-order chi connectivity index (χ0) is 20.4. The Balaban J connectivity index is 2.96. The first-order valence-electron chi connectivity index (χ1n) is 13.2. The molecule has 28 heavy (non-hydrogen) atoms. The van der Waals surface area contributed by atoms with E-state index < -0.39 is 0 Å². The summed E-state index contributed by atoms with van der Waals surface area (Å²) >= 11 is 0. The van der Waals surface area contributed by atoms with E-state index in [0.29, 0.717) is 6.61 Å². The van der Waals surface area contributed by atoms with E-state index >= 15 is 0 Å². The van der Waals surface area contributed by atoms with Gasteiger partial charge in [-0.1, -0.05) is 129 Å². The van der Waals surface area contributed by atoms with Gasteiger partial charge in [-0.3, -0.25) is 0 Å². The van der Waals surface area contributed by atoms with Crippen LogP contribution < -0.4 is 5.32 Å². The number of unbranched alkanes of at least 4 members (excludes halogenated alkanes) is 20. The molecule has 0 aromatic rings. The highest BCUT2D eigenvalue weighted by Gasteiger charge is 1.95. The van der Waals surface area contributed by atoms with Crippen LogP contribution in [-0.2, 0) is 0 Å². The van der Waals surface area contributed by atoms with Crippen molar-refractivity contribution in [2.75, 3.05) is 19.7 Å². The molecule has 0 fully saturated rings. The molecular weight excluding hydrogens is 342 g/mol. The van der Waals surface area contributed by atoms with Gasteiger partial charge in [0.05, 0.1) is 0 Å². The average Bonchev–Trinajstić information content (AvgIpc) is 2.71. The lowest BCUT2D eigenvalue weighted by molar-refractivity contribution is 0.282. The number of aliphatic hydroxyl groups is 1. The Bertz CT molecular complexity index is 231. The van der Waals surface area contributed by atoms with Crippen LogP contribution in [0.4, 0.5) is 0 Å². The van der Waals surface area contributed by atoms with Crippen molar-refractivity contribution in [2.45, 2.75) is 148 Å². The largest absolute Gasteiger partial charge is 0.396 e. The fraction of sp³-hybridized carbons (Fsp3) is 1.00. The quantitative estimate of drug-likeness (QED) is 0.152. The second-order valence-electron chi connectivity index (χ2n) is 8.90. The van der Waals surface area contributed by atoms with Crippen molar-refractivity contribution in [1.82, 2.24) is 5.32 Å². The van der Waals surface area contributed by atoms with Crippen molar-refractivity contribution in [2.24, 2.45) is 0 Å². The minimum atomic E-state index is 0.372. The first kappa shape index (κ1) is 27.9. The molecule has 0 aliphatic carbocycles. The van der Waals surface area contributed by atoms with Crippen LogP contribution in [0.25, 0.3) is 0 Å². The molecule has 0 heterocycles. The summed E-state index contributed by atoms with van der Waals surface area (Å²) in [4.78, 5) is 0. The molecule has 0 radical (unpaired) electrons. The monoisotopic (exact) mass is 397 g/mol. The van der Waals surface area contributed by atoms with Crippen LogP contribution in [0.5, 0.6) is 0 Å². The summed E-state index contributed by atoms with van der Waals surface area (Å²) in [6, 6.07) is 0. The van der Waals surface area contributed by atoms with E-state index in [9.17, 15) is 0 Å². The third-order valence-corrected chi connectivity index (χ3v) is 5.97. The Kier molecular flexibility index (Phi) is 26.8. The van der Waals surface area contributed by atoms with E-state index in [1.165, 1.54) is 148 Å². The van der Waals surface area contributed by atoms with Crippen molar-refractivity contribution in [1.29, 1.82) is 0 Å². The topological polar surface area (TPSA) is 32.3 Å². The summed E-state index contributed by atoms with van der Waals surface area (Å²) < 4.78 is 0. The second kappa shape index (κ2) is 26.9. The van der Waals surface area contributed by atoms with Gasteiger partial charge in [0.15, 0.2) is 0 Å². The van der Waals surface area contributed by atoms with Crippen LogP contribution in [0.1, 0.15) is 148 Å². The van der Waals surface area contributed by atoms with Gasteiger partial charge in [-0.15, -0.1) is 0 Å². The maximum absolute atomic E-state index is 8.74. The van der Waals surface area contributed by atoms with Gasteiger partial charge in [0.1, 0.15) is 0 Å². The third kappa shape index (κ3) is 25.9. The molecule has 0 saturated carbocycles. The number of rotatable bonds is 25. The second-order valence-corrected chi connectivity index (χ2v) is 8.90. The lowest BCUT2D eigenvalue weighted by atomic mass is 10.0. The average molecular weight is 398 g/mol. The van der Waals surface area contributed by atoms with E-state index in [1.54, 1.807) is 0 Å². The zero-order valence-electron chi connectivity index (χ0n) is 19.6. The van der Waals surface area contributed by atoms with Crippen molar-refractivity contribution >= 4 is 0 Å². The molecule has 170 valence electrons. The highest BCUT2D eigenvalue weighted by Crippen LogP contribution is 2.14. The molecule has 2 heteroatoms. The van der Waals surface area contributed by atoms with Crippen molar-refractivity contribution in [3.8, 4) is 0 Å². The number of nitrogens with one attached hydrogen (secondary N) is 1. The molecule has 0 spiro atoms. The predicted octanol–water partition coefficient (Wildman–Crippen LogP) is 8.17. The summed E-state index contributed by atoms with van der Waals surface area (Å²) in [5, 5.41) is 12.3. The van der Waals surface area contributed by atoms with Crippen LogP contribution in [0.3, 0.4) is 0 Å². The molecule has 0 unspecified atom stereocenters. The molecule has 2 nitrogen and oxygen atoms in total. The molecule has 0 rings (SSSR count). The lowest BCUT2D eigenvalue weighted by Gasteiger charge is -2.05. The van der Waals surface area contributed by atoms with Gasteiger partial charge < -0.3 is 10.4 Å². The van der Waals surface area contributed by atoms with Gasteiger partial charge >= 0.3 is 0 Å². The van der Waals surface area contributed by atoms with E-state index in [2.05, 4.69) is 12.2 Å². The van der Waals surface area contributed by atoms with Gasteiger partial charge in [-0.25, -0.2) is 0 Å². The molecule has 0 amide bonds. The maximum Gasteiger partial charge on any atom is 0.0431 e. The van der Waals surface area contributed by atoms with E-state index in [1.807, 2.05) is 0 Å². The normalized spacial score (nSPS) is 11.4. The van der Waals surface area contributed by atoms with E-state index in [-0.39, 0.29) is 0 Å². The number of hydrogen-bond donors (Lipinski definition) is 2. The molecule has 0 aliphatic rings. The van der Waals surface area contributed by atoms with Crippen molar-refractivity contribution < 1.29 is 5.11 Å². The van der Waals surface area contributed by atoms with Gasteiger partial charge in [0.25, 0.3) is 0 Å². The molecule has 0 aromatic heterocycles. The summed E-state index contributed by atoms with van der Waals surface area (Å²) in [6.07, 6.45) is 30.6. The molecule has 0 atom stereocenters. The summed E-state index contributed by atoms with van der Waals surface area (Å²) in [6.45, 7) is 5.07. The summed E-state index contributed by atoms with van der Waals surface area (Å²) in [5.74, 6) is 0. The molecule has 0 aromatic carbocycles. The van der Waals surface area contributed by atoms with Crippen LogP contribution in [0.2, 0.25) is 0 Å². The van der Waals surface area contributed by atoms with Gasteiger partial charge in [-0.05, 0) is 32.4 Å². The minimum absolute atomic E-state index is 0.372. The Labute approximate surface area is 178 Å². The van der Waals surface area contributed by atoms with Gasteiger partial charge in [0.2, 0.25) is 0 Å². The Hall–Kier alpha value is -0.0800. The fourth-order valence-electron chi connectivity index (χ4n) is 3.97. The first-order chi connectivity index (χ1) is 13.9. The Morgan fingerprint density at radius 1 is 0.393 bits per heavy atom. The molecular formula is C26H55NO. The number of hydrogen-bond acceptors (Lipinski definition) is 2. The van der Waals surface area contributed by atoms with Crippen LogP contribution in [-0.4, -0.2) is 24.8 Å². The van der Waals surface area contributed by atoms with Gasteiger partial charge in [0, 0.05) is 6.61 Å². The predicted molar refractivity (Wildman–Crippen MR) is 127 cm³/mol. The van der Waals surface area contributed by atoms with Crippen LogP contribution in [0.15, 0.2) is 0 Å². The van der Waals surface area contributed by atoms with E-state index in [4.69, 9.17) is 5.11 Å². The molecule has 0 aliphatic heterocycles. The standard InChI is InChI=1S/C26H55NO/c1-2-3-24-27-25-22-20-18-16-14-12-10-8-6-4-5-7-9-11-13-15-17-19-21-23-26-28/h27-28H,2-26H2,1H3. The highest BCUT2D eigenvalue weighted by molar-refractivity contribution is 4.52. The fourth-order valence-corrected chi connectivity index (χ4v) is 3.97. The van der Waals surface area contributed by atoms with Crippen molar-refractivity contribution in [3.05, 3.63) is 0 Å². The molecule has 0 bridgehead atoms. The Morgan fingerprint density at radius 2 is 0.679 bits per heavy atom. The summed E-state index contributed by atoms with van der Waals surface area (Å²) in [7, 11) is 0. The van der Waals surface area contributed by atoms with Gasteiger partial charge in [-0.2, -0.15) is 0 Å². The lowest BCUT2D eigenvalue weighted by Crippen LogP contribution is -2.16. The molecule has 0 saturated heterocycles. The SMILES string of the molecule is CCCCNCCCCCCCCCCCCCCCCCCCCCCO. The third-order valence-electron chi connectivity index (χ3n) is 5.97. The number of aliphatic hydroxyl groups excluding tert-OH is 1.